The Morgan fingerprint density at radius 1 is 1.00 bits per heavy atom. The summed E-state index contributed by atoms with van der Waals surface area (Å²) in [6.07, 6.45) is -2.12. The van der Waals surface area contributed by atoms with Crippen molar-refractivity contribution in [3.05, 3.63) is 70.2 Å². The number of hydrogen-bond acceptors (Lipinski definition) is 6. The molecule has 1 saturated heterocycles. The van der Waals surface area contributed by atoms with Crippen LogP contribution in [0, 0.1) is 0 Å². The van der Waals surface area contributed by atoms with Crippen LogP contribution in [-0.2, 0) is 31.8 Å². The Bertz CT molecular complexity index is 844. The minimum atomic E-state index is -0.978. The average Bonchev–Trinajstić information content (AvgIpc) is 3.04. The molecule has 0 amide bonds. The second-order valence-corrected chi connectivity index (χ2v) is 6.54. The first-order chi connectivity index (χ1) is 13.0. The molecule has 0 aromatic heterocycles. The topological polar surface area (TPSA) is 78.9 Å². The van der Waals surface area contributed by atoms with Gasteiger partial charge >= 0.3 is 12.1 Å². The molecule has 0 radical (unpaired) electrons. The van der Waals surface area contributed by atoms with Crippen molar-refractivity contribution in [1.29, 1.82) is 0 Å². The zero-order valence-corrected chi connectivity index (χ0v) is 15.3. The van der Waals surface area contributed by atoms with Crippen LogP contribution in [0.15, 0.2) is 48.5 Å². The lowest BCUT2D eigenvalue weighted by molar-refractivity contribution is -0.126. The number of carbonyl (C=O) groups excluding carboxylic acids is 3. The van der Waals surface area contributed by atoms with Gasteiger partial charge in [0, 0.05) is 17.9 Å². The fourth-order valence-corrected chi connectivity index (χ4v) is 2.97. The van der Waals surface area contributed by atoms with E-state index in [1.165, 1.54) is 7.11 Å². The molecule has 0 N–H and O–H groups in total. The first kappa shape index (κ1) is 18.9. The van der Waals surface area contributed by atoms with Crippen LogP contribution in [0.1, 0.15) is 21.5 Å². The third-order valence-electron chi connectivity index (χ3n) is 4.23. The summed E-state index contributed by atoms with van der Waals surface area (Å²) in [6, 6.07) is 13.6. The maximum absolute atomic E-state index is 12.6. The minimum Gasteiger partial charge on any atom is -0.465 e. The van der Waals surface area contributed by atoms with E-state index in [9.17, 15) is 14.4 Å². The number of methoxy groups -OCH3 is 1. The van der Waals surface area contributed by atoms with E-state index in [0.717, 1.165) is 5.56 Å². The summed E-state index contributed by atoms with van der Waals surface area (Å²) in [5, 5.41) is 0.599. The van der Waals surface area contributed by atoms with E-state index in [1.54, 1.807) is 36.4 Å². The molecule has 2 atom stereocenters. The summed E-state index contributed by atoms with van der Waals surface area (Å²) < 4.78 is 14.9. The van der Waals surface area contributed by atoms with Gasteiger partial charge in [0.15, 0.2) is 11.9 Å². The van der Waals surface area contributed by atoms with E-state index in [4.69, 9.17) is 21.1 Å². The summed E-state index contributed by atoms with van der Waals surface area (Å²) in [7, 11) is 1.30. The van der Waals surface area contributed by atoms with Gasteiger partial charge < -0.3 is 14.2 Å². The lowest BCUT2D eigenvalue weighted by Crippen LogP contribution is -2.34. The maximum atomic E-state index is 12.6. The monoisotopic (exact) mass is 388 g/mol. The molecule has 140 valence electrons. The standard InChI is InChI=1S/C20H17ClO6/c1-25-19(23)14-6-2-12(3-7-14)10-16(22)18-17(26-20(24)27-18)11-13-4-8-15(21)9-5-13/h2-9,17-18H,10-11H2,1H3/t17-,18+/m1/s1. The number of esters is 1. The van der Waals surface area contributed by atoms with Crippen molar-refractivity contribution < 1.29 is 28.6 Å². The second kappa shape index (κ2) is 8.22. The Morgan fingerprint density at radius 2 is 1.63 bits per heavy atom. The molecule has 1 heterocycles. The molecule has 0 bridgehead atoms. The predicted octanol–water partition coefficient (Wildman–Crippen LogP) is 3.38. The molecule has 27 heavy (non-hydrogen) atoms. The van der Waals surface area contributed by atoms with Gasteiger partial charge in [-0.15, -0.1) is 0 Å². The van der Waals surface area contributed by atoms with Gasteiger partial charge in [0.2, 0.25) is 6.10 Å². The Kier molecular flexibility index (Phi) is 5.76. The summed E-state index contributed by atoms with van der Waals surface area (Å²) in [5.74, 6) is -0.723. The number of ketones is 1. The van der Waals surface area contributed by atoms with Crippen LogP contribution in [0.3, 0.4) is 0 Å². The normalized spacial score (nSPS) is 18.5. The fraction of sp³-hybridized carbons (Fsp3) is 0.250. The first-order valence-electron chi connectivity index (χ1n) is 8.28. The molecular formula is C20H17ClO6. The Hall–Kier alpha value is -2.86. The molecule has 2 aromatic carbocycles. The number of hydrogen-bond donors (Lipinski definition) is 0. The molecule has 1 fully saturated rings. The Balaban J connectivity index is 1.67. The molecule has 0 spiro atoms. The van der Waals surface area contributed by atoms with E-state index >= 15 is 0 Å². The summed E-state index contributed by atoms with van der Waals surface area (Å²) >= 11 is 5.87. The van der Waals surface area contributed by atoms with Gasteiger partial charge in [0.1, 0.15) is 0 Å². The van der Waals surface area contributed by atoms with Crippen molar-refractivity contribution in [2.24, 2.45) is 0 Å². The molecular weight excluding hydrogens is 372 g/mol. The number of ether oxygens (including phenoxy) is 3. The van der Waals surface area contributed by atoms with Gasteiger partial charge in [-0.05, 0) is 35.4 Å². The smallest absolute Gasteiger partial charge is 0.465 e. The van der Waals surface area contributed by atoms with Crippen LogP contribution in [0.2, 0.25) is 5.02 Å². The SMILES string of the molecule is COC(=O)c1ccc(CC(=O)[C@@H]2OC(=O)O[C@@H]2Cc2ccc(Cl)cc2)cc1. The van der Waals surface area contributed by atoms with Gasteiger partial charge in [-0.1, -0.05) is 35.9 Å². The van der Waals surface area contributed by atoms with Crippen molar-refractivity contribution in [3.8, 4) is 0 Å². The summed E-state index contributed by atoms with van der Waals surface area (Å²) in [5.41, 5.74) is 1.97. The minimum absolute atomic E-state index is 0.0554. The number of cyclic esters (lactones) is 2. The van der Waals surface area contributed by atoms with E-state index in [1.807, 2.05) is 12.1 Å². The second-order valence-electron chi connectivity index (χ2n) is 6.11. The molecule has 0 unspecified atom stereocenters. The zero-order valence-electron chi connectivity index (χ0n) is 14.5. The highest BCUT2D eigenvalue weighted by molar-refractivity contribution is 6.30. The van der Waals surface area contributed by atoms with E-state index in [0.29, 0.717) is 22.6 Å². The fourth-order valence-electron chi connectivity index (χ4n) is 2.85. The Labute approximate surface area is 161 Å². The lowest BCUT2D eigenvalue weighted by Gasteiger charge is -2.14. The van der Waals surface area contributed by atoms with Crippen molar-refractivity contribution >= 4 is 29.5 Å². The molecule has 3 rings (SSSR count). The largest absolute Gasteiger partial charge is 0.509 e. The van der Waals surface area contributed by atoms with Gasteiger partial charge in [0.25, 0.3) is 0 Å². The number of carbonyl (C=O) groups is 3. The van der Waals surface area contributed by atoms with E-state index in [-0.39, 0.29) is 12.2 Å². The van der Waals surface area contributed by atoms with Crippen molar-refractivity contribution in [3.63, 3.8) is 0 Å². The van der Waals surface area contributed by atoms with Crippen LogP contribution in [0.25, 0.3) is 0 Å². The first-order valence-corrected chi connectivity index (χ1v) is 8.65. The number of halogens is 1. The van der Waals surface area contributed by atoms with Crippen molar-refractivity contribution in [2.75, 3.05) is 7.11 Å². The van der Waals surface area contributed by atoms with Gasteiger partial charge in [0.05, 0.1) is 12.7 Å². The number of Topliss-reactive ketones (excluding diaryl/α,β-unsaturated/α-hetero) is 1. The molecule has 0 saturated carbocycles. The molecule has 2 aromatic rings. The quantitative estimate of drug-likeness (QED) is 0.706. The molecule has 6 nitrogen and oxygen atoms in total. The number of benzene rings is 2. The van der Waals surface area contributed by atoms with Gasteiger partial charge in [-0.2, -0.15) is 0 Å². The van der Waals surface area contributed by atoms with Crippen molar-refractivity contribution in [1.82, 2.24) is 0 Å². The van der Waals surface area contributed by atoms with Crippen molar-refractivity contribution in [2.45, 2.75) is 25.0 Å². The van der Waals surface area contributed by atoms with Gasteiger partial charge in [-0.3, -0.25) is 4.79 Å². The zero-order chi connectivity index (χ0) is 19.4. The van der Waals surface area contributed by atoms with Gasteiger partial charge in [-0.25, -0.2) is 9.59 Å². The van der Waals surface area contributed by atoms with Crippen LogP contribution in [0.4, 0.5) is 4.79 Å². The van der Waals surface area contributed by atoms with Crippen LogP contribution in [0.5, 0.6) is 0 Å². The Morgan fingerprint density at radius 3 is 2.26 bits per heavy atom. The lowest BCUT2D eigenvalue weighted by atomic mass is 9.97. The molecule has 0 aliphatic carbocycles. The highest BCUT2D eigenvalue weighted by Crippen LogP contribution is 2.22. The predicted molar refractivity (Wildman–Crippen MR) is 96.8 cm³/mol. The highest BCUT2D eigenvalue weighted by Gasteiger charge is 2.41. The van der Waals surface area contributed by atoms with Crippen LogP contribution >= 0.6 is 11.6 Å². The summed E-state index contributed by atoms with van der Waals surface area (Å²) in [4.78, 5) is 35.6. The molecule has 1 aliphatic heterocycles. The maximum Gasteiger partial charge on any atom is 0.509 e. The third-order valence-corrected chi connectivity index (χ3v) is 4.48. The van der Waals surface area contributed by atoms with E-state index < -0.39 is 24.3 Å². The average molecular weight is 389 g/mol. The summed E-state index contributed by atoms with van der Waals surface area (Å²) in [6.45, 7) is 0. The molecule has 7 heteroatoms. The third kappa shape index (κ3) is 4.65. The number of rotatable bonds is 6. The van der Waals surface area contributed by atoms with Crippen LogP contribution < -0.4 is 0 Å². The highest BCUT2D eigenvalue weighted by atomic mass is 35.5. The van der Waals surface area contributed by atoms with Crippen LogP contribution in [-0.4, -0.2) is 37.2 Å². The van der Waals surface area contributed by atoms with E-state index in [2.05, 4.69) is 4.74 Å². The molecule has 1 aliphatic rings.